The summed E-state index contributed by atoms with van der Waals surface area (Å²) < 4.78 is 24.6. The zero-order valence-electron chi connectivity index (χ0n) is 6.13. The van der Waals surface area contributed by atoms with Gasteiger partial charge < -0.3 is 0 Å². The standard InChI is InChI=1S/C9H6F2O/c10-8-3-1-7(2-4-8)5-9(11)6-12/h1-6H/b9-5+. The van der Waals surface area contributed by atoms with Crippen molar-refractivity contribution in [2.75, 3.05) is 0 Å². The molecule has 0 bridgehead atoms. The van der Waals surface area contributed by atoms with Gasteiger partial charge >= 0.3 is 0 Å². The second kappa shape index (κ2) is 3.76. The molecule has 0 radical (unpaired) electrons. The third kappa shape index (κ3) is 2.27. The molecular formula is C9H6F2O. The number of carbonyl (C=O) groups is 1. The number of allylic oxidation sites excluding steroid dienone is 1. The third-order valence-corrected chi connectivity index (χ3v) is 1.29. The molecule has 0 aliphatic rings. The second-order valence-corrected chi connectivity index (χ2v) is 2.20. The van der Waals surface area contributed by atoms with E-state index in [4.69, 9.17) is 0 Å². The number of hydrogen-bond donors (Lipinski definition) is 0. The minimum atomic E-state index is -0.874. The van der Waals surface area contributed by atoms with E-state index >= 15 is 0 Å². The molecule has 0 aromatic heterocycles. The maximum atomic E-state index is 12.3. The summed E-state index contributed by atoms with van der Waals surface area (Å²) in [5.74, 6) is -1.26. The number of carbonyl (C=O) groups excluding carboxylic acids is 1. The van der Waals surface area contributed by atoms with E-state index in [1.54, 1.807) is 0 Å². The van der Waals surface area contributed by atoms with Gasteiger partial charge in [0.2, 0.25) is 0 Å². The summed E-state index contributed by atoms with van der Waals surface area (Å²) >= 11 is 0. The number of halogens is 2. The first kappa shape index (κ1) is 8.59. The van der Waals surface area contributed by atoms with Crippen LogP contribution in [0.15, 0.2) is 30.1 Å². The average Bonchev–Trinajstić information content (AvgIpc) is 2.09. The lowest BCUT2D eigenvalue weighted by Gasteiger charge is -1.91. The van der Waals surface area contributed by atoms with Crippen LogP contribution in [0, 0.1) is 5.82 Å². The van der Waals surface area contributed by atoms with Crippen LogP contribution in [-0.2, 0) is 4.79 Å². The van der Waals surface area contributed by atoms with Gasteiger partial charge in [-0.05, 0) is 23.8 Å². The fourth-order valence-electron chi connectivity index (χ4n) is 0.752. The summed E-state index contributed by atoms with van der Waals surface area (Å²) in [6.07, 6.45) is 1.13. The topological polar surface area (TPSA) is 17.1 Å². The first-order valence-corrected chi connectivity index (χ1v) is 3.30. The fraction of sp³-hybridized carbons (Fsp3) is 0. The van der Waals surface area contributed by atoms with Crippen molar-refractivity contribution >= 4 is 12.4 Å². The van der Waals surface area contributed by atoms with Gasteiger partial charge in [0.15, 0.2) is 12.1 Å². The first-order valence-electron chi connectivity index (χ1n) is 3.30. The minimum Gasteiger partial charge on any atom is -0.295 e. The van der Waals surface area contributed by atoms with Crippen molar-refractivity contribution in [1.82, 2.24) is 0 Å². The lowest BCUT2D eigenvalue weighted by Crippen LogP contribution is -1.77. The van der Waals surface area contributed by atoms with E-state index in [2.05, 4.69) is 0 Å². The van der Waals surface area contributed by atoms with Gasteiger partial charge in [0.1, 0.15) is 5.82 Å². The molecule has 0 spiro atoms. The zero-order valence-corrected chi connectivity index (χ0v) is 6.13. The summed E-state index contributed by atoms with van der Waals surface area (Å²) in [4.78, 5) is 9.86. The van der Waals surface area contributed by atoms with Gasteiger partial charge in [-0.2, -0.15) is 0 Å². The molecule has 62 valence electrons. The molecule has 0 N–H and O–H groups in total. The Morgan fingerprint density at radius 1 is 1.25 bits per heavy atom. The highest BCUT2D eigenvalue weighted by Crippen LogP contribution is 2.07. The quantitative estimate of drug-likeness (QED) is 0.489. The molecule has 0 atom stereocenters. The molecule has 1 aromatic carbocycles. The minimum absolute atomic E-state index is 0.101. The lowest BCUT2D eigenvalue weighted by atomic mass is 10.2. The van der Waals surface area contributed by atoms with Crippen molar-refractivity contribution in [3.8, 4) is 0 Å². The molecular weight excluding hydrogens is 162 g/mol. The molecule has 12 heavy (non-hydrogen) atoms. The summed E-state index contributed by atoms with van der Waals surface area (Å²) in [5, 5.41) is 0. The van der Waals surface area contributed by atoms with Crippen molar-refractivity contribution in [2.24, 2.45) is 0 Å². The predicted molar refractivity (Wildman–Crippen MR) is 41.5 cm³/mol. The predicted octanol–water partition coefficient (Wildman–Crippen LogP) is 2.33. The molecule has 1 nitrogen and oxygen atoms in total. The largest absolute Gasteiger partial charge is 0.295 e. The van der Waals surface area contributed by atoms with Crippen molar-refractivity contribution in [3.05, 3.63) is 41.5 Å². The van der Waals surface area contributed by atoms with Crippen LogP contribution in [0.2, 0.25) is 0 Å². The van der Waals surface area contributed by atoms with E-state index < -0.39 is 11.6 Å². The van der Waals surface area contributed by atoms with Crippen LogP contribution in [0.4, 0.5) is 8.78 Å². The van der Waals surface area contributed by atoms with Gasteiger partial charge in [0.25, 0.3) is 0 Å². The Hall–Kier alpha value is -1.51. The maximum Gasteiger partial charge on any atom is 0.178 e. The van der Waals surface area contributed by atoms with Crippen LogP contribution >= 0.6 is 0 Å². The van der Waals surface area contributed by atoms with E-state index in [0.29, 0.717) is 5.56 Å². The maximum absolute atomic E-state index is 12.3. The van der Waals surface area contributed by atoms with Gasteiger partial charge in [-0.15, -0.1) is 0 Å². The molecule has 1 aromatic rings. The summed E-state index contributed by atoms with van der Waals surface area (Å²) in [6, 6.07) is 5.17. The van der Waals surface area contributed by atoms with Crippen molar-refractivity contribution in [1.29, 1.82) is 0 Å². The van der Waals surface area contributed by atoms with Gasteiger partial charge in [0.05, 0.1) is 0 Å². The monoisotopic (exact) mass is 168 g/mol. The van der Waals surface area contributed by atoms with Gasteiger partial charge in [-0.3, -0.25) is 4.79 Å². The van der Waals surface area contributed by atoms with E-state index in [9.17, 15) is 13.6 Å². The zero-order chi connectivity index (χ0) is 8.97. The van der Waals surface area contributed by atoms with Gasteiger partial charge in [0, 0.05) is 0 Å². The van der Waals surface area contributed by atoms with Crippen LogP contribution < -0.4 is 0 Å². The number of hydrogen-bond acceptors (Lipinski definition) is 1. The lowest BCUT2D eigenvalue weighted by molar-refractivity contribution is -0.106. The highest BCUT2D eigenvalue weighted by atomic mass is 19.1. The van der Waals surface area contributed by atoms with Crippen molar-refractivity contribution < 1.29 is 13.6 Å². The van der Waals surface area contributed by atoms with Crippen molar-refractivity contribution in [3.63, 3.8) is 0 Å². The first-order chi connectivity index (χ1) is 5.72. The SMILES string of the molecule is O=C/C(F)=C\c1ccc(F)cc1. The highest BCUT2D eigenvalue weighted by Gasteiger charge is 1.93. The summed E-state index contributed by atoms with van der Waals surface area (Å²) in [6.45, 7) is 0. The molecule has 0 saturated heterocycles. The van der Waals surface area contributed by atoms with E-state index in [1.807, 2.05) is 0 Å². The summed E-state index contributed by atoms with van der Waals surface area (Å²) in [5.41, 5.74) is 0.459. The third-order valence-electron chi connectivity index (χ3n) is 1.29. The van der Waals surface area contributed by atoms with Crippen molar-refractivity contribution in [2.45, 2.75) is 0 Å². The number of aldehydes is 1. The molecule has 1 rings (SSSR count). The van der Waals surface area contributed by atoms with Crippen LogP contribution in [0.1, 0.15) is 5.56 Å². The number of benzene rings is 1. The number of rotatable bonds is 2. The van der Waals surface area contributed by atoms with Crippen LogP contribution in [-0.4, -0.2) is 6.29 Å². The van der Waals surface area contributed by atoms with Crippen LogP contribution in [0.25, 0.3) is 6.08 Å². The second-order valence-electron chi connectivity index (χ2n) is 2.20. The summed E-state index contributed by atoms with van der Waals surface area (Å²) in [7, 11) is 0. The van der Waals surface area contributed by atoms with E-state index in [-0.39, 0.29) is 6.29 Å². The molecule has 0 unspecified atom stereocenters. The average molecular weight is 168 g/mol. The van der Waals surface area contributed by atoms with Crippen LogP contribution in [0.3, 0.4) is 0 Å². The fourth-order valence-corrected chi connectivity index (χ4v) is 0.752. The van der Waals surface area contributed by atoms with Gasteiger partial charge in [-0.1, -0.05) is 12.1 Å². The Morgan fingerprint density at radius 3 is 2.33 bits per heavy atom. The Bertz CT molecular complexity index is 301. The molecule has 3 heteroatoms. The Balaban J connectivity index is 2.91. The van der Waals surface area contributed by atoms with Crippen LogP contribution in [0.5, 0.6) is 0 Å². The van der Waals surface area contributed by atoms with Gasteiger partial charge in [-0.25, -0.2) is 8.78 Å². The molecule has 0 heterocycles. The molecule has 0 aliphatic heterocycles. The van der Waals surface area contributed by atoms with E-state index in [1.165, 1.54) is 24.3 Å². The smallest absolute Gasteiger partial charge is 0.178 e. The molecule has 0 amide bonds. The molecule has 0 fully saturated rings. The molecule has 0 saturated carbocycles. The Kier molecular flexibility index (Phi) is 2.69. The Morgan fingerprint density at radius 2 is 1.83 bits per heavy atom. The highest BCUT2D eigenvalue weighted by molar-refractivity contribution is 5.78. The Labute approximate surface area is 68.3 Å². The normalized spacial score (nSPS) is 11.3. The molecule has 0 aliphatic carbocycles. The van der Waals surface area contributed by atoms with E-state index in [0.717, 1.165) is 6.08 Å².